The molecule has 19 heteroatoms. The van der Waals surface area contributed by atoms with Crippen molar-refractivity contribution in [2.24, 2.45) is 5.92 Å². The second-order valence-electron chi connectivity index (χ2n) is 15.7. The van der Waals surface area contributed by atoms with Gasteiger partial charge < -0.3 is 52.3 Å². The van der Waals surface area contributed by atoms with E-state index in [0.717, 1.165) is 24.0 Å². The van der Waals surface area contributed by atoms with Crippen molar-refractivity contribution in [3.63, 3.8) is 0 Å². The standard InChI is InChI=1S/C45H64N6O13/c1-30(28-31-16-6-4-7-17-31)40(56)49-36(29-32-18-8-5-9-19-32)41(57)48-33(42(58)59)20-12-14-26-46-37(52)22-10-2-3-11-23-38(53)47-27-15-13-21-34(43(60)61)50-45(64)51-35(44(62)63)24-25-39(54)55/h4-9,16-19,30,33-36H,2-3,10-15,20-29H2,1H3,(H,46,52)(H,47,53)(H,48,57)(H,49,56)(H,54,55)(H,58,59)(H,60,61)(H,62,63)(H2,50,51,64)/t30?,33?,34-,35-,36?/m0/s1. The number of unbranched alkanes of at least 4 members (excludes halogenated alkanes) is 5. The Balaban J connectivity index is 1.61. The summed E-state index contributed by atoms with van der Waals surface area (Å²) in [6.45, 7) is 2.39. The summed E-state index contributed by atoms with van der Waals surface area (Å²) in [5.74, 6) is -6.92. The van der Waals surface area contributed by atoms with E-state index in [9.17, 15) is 53.4 Å². The molecule has 0 aliphatic heterocycles. The summed E-state index contributed by atoms with van der Waals surface area (Å²) in [7, 11) is 0. The molecule has 2 aromatic rings. The lowest BCUT2D eigenvalue weighted by atomic mass is 9.98. The van der Waals surface area contributed by atoms with Crippen LogP contribution in [0.2, 0.25) is 0 Å². The molecule has 10 N–H and O–H groups in total. The highest BCUT2D eigenvalue weighted by molar-refractivity contribution is 5.91. The largest absolute Gasteiger partial charge is 0.481 e. The number of benzene rings is 2. The third kappa shape index (κ3) is 23.6. The van der Waals surface area contributed by atoms with Gasteiger partial charge in [-0.1, -0.05) is 80.4 Å². The predicted octanol–water partition coefficient (Wildman–Crippen LogP) is 3.15. The third-order valence-electron chi connectivity index (χ3n) is 10.3. The first-order valence-corrected chi connectivity index (χ1v) is 21.7. The van der Waals surface area contributed by atoms with Gasteiger partial charge in [0.05, 0.1) is 0 Å². The molecule has 0 aliphatic carbocycles. The van der Waals surface area contributed by atoms with Gasteiger partial charge in [0.2, 0.25) is 23.6 Å². The van der Waals surface area contributed by atoms with E-state index < -0.39 is 72.3 Å². The Morgan fingerprint density at radius 2 is 0.875 bits per heavy atom. The van der Waals surface area contributed by atoms with Gasteiger partial charge in [0, 0.05) is 44.7 Å². The van der Waals surface area contributed by atoms with E-state index in [4.69, 9.17) is 10.2 Å². The lowest BCUT2D eigenvalue weighted by molar-refractivity contribution is -0.142. The number of amides is 6. The lowest BCUT2D eigenvalue weighted by Crippen LogP contribution is -2.53. The first-order chi connectivity index (χ1) is 30.5. The van der Waals surface area contributed by atoms with E-state index >= 15 is 0 Å². The summed E-state index contributed by atoms with van der Waals surface area (Å²) in [6, 6.07) is 12.6. The van der Waals surface area contributed by atoms with E-state index in [1.54, 1.807) is 6.92 Å². The van der Waals surface area contributed by atoms with Crippen molar-refractivity contribution in [2.45, 2.75) is 134 Å². The molecule has 0 heterocycles. The van der Waals surface area contributed by atoms with Gasteiger partial charge >= 0.3 is 29.9 Å². The first-order valence-electron chi connectivity index (χ1n) is 21.7. The van der Waals surface area contributed by atoms with Crippen LogP contribution in [0.15, 0.2) is 60.7 Å². The molecule has 0 aromatic heterocycles. The number of carbonyl (C=O) groups excluding carboxylic acids is 5. The number of rotatable bonds is 33. The molecule has 19 nitrogen and oxygen atoms in total. The van der Waals surface area contributed by atoms with Crippen molar-refractivity contribution < 1.29 is 63.6 Å². The van der Waals surface area contributed by atoms with Crippen LogP contribution in [0.25, 0.3) is 0 Å². The van der Waals surface area contributed by atoms with Crippen LogP contribution in [0.4, 0.5) is 4.79 Å². The molecule has 2 aromatic carbocycles. The number of aliphatic carboxylic acids is 4. The minimum absolute atomic E-state index is 0.0132. The Labute approximate surface area is 372 Å². The van der Waals surface area contributed by atoms with Crippen molar-refractivity contribution in [1.29, 1.82) is 0 Å². The molecular weight excluding hydrogens is 833 g/mol. The van der Waals surface area contributed by atoms with Gasteiger partial charge in [-0.15, -0.1) is 0 Å². The zero-order valence-corrected chi connectivity index (χ0v) is 36.4. The molecule has 6 amide bonds. The number of nitrogens with one attached hydrogen (secondary N) is 6. The zero-order valence-electron chi connectivity index (χ0n) is 36.4. The zero-order chi connectivity index (χ0) is 47.3. The minimum atomic E-state index is -1.50. The van der Waals surface area contributed by atoms with Crippen LogP contribution < -0.4 is 31.9 Å². The summed E-state index contributed by atoms with van der Waals surface area (Å²) in [6.07, 6.45) is 4.80. The summed E-state index contributed by atoms with van der Waals surface area (Å²) >= 11 is 0. The Morgan fingerprint density at radius 1 is 0.453 bits per heavy atom. The van der Waals surface area contributed by atoms with Crippen molar-refractivity contribution in [3.05, 3.63) is 71.8 Å². The van der Waals surface area contributed by atoms with Gasteiger partial charge in [-0.05, 0) is 75.3 Å². The number of urea groups is 1. The van der Waals surface area contributed by atoms with Crippen LogP contribution >= 0.6 is 0 Å². The van der Waals surface area contributed by atoms with Crippen molar-refractivity contribution >= 4 is 53.5 Å². The van der Waals surface area contributed by atoms with E-state index in [-0.39, 0.29) is 62.8 Å². The smallest absolute Gasteiger partial charge is 0.326 e. The Kier molecular flexibility index (Phi) is 25.6. The number of hydrogen-bond acceptors (Lipinski definition) is 9. The molecule has 2 rings (SSSR count). The molecule has 0 radical (unpaired) electrons. The number of hydrogen-bond donors (Lipinski definition) is 10. The Morgan fingerprint density at radius 3 is 1.33 bits per heavy atom. The Bertz CT molecular complexity index is 1810. The lowest BCUT2D eigenvalue weighted by Gasteiger charge is -2.23. The van der Waals surface area contributed by atoms with Gasteiger partial charge in [-0.25, -0.2) is 19.2 Å². The second-order valence-corrected chi connectivity index (χ2v) is 15.7. The molecule has 0 fully saturated rings. The minimum Gasteiger partial charge on any atom is -0.481 e. The predicted molar refractivity (Wildman–Crippen MR) is 234 cm³/mol. The van der Waals surface area contributed by atoms with Gasteiger partial charge in [-0.3, -0.25) is 24.0 Å². The van der Waals surface area contributed by atoms with Crippen LogP contribution in [-0.4, -0.2) is 111 Å². The molecular formula is C45H64N6O13. The highest BCUT2D eigenvalue weighted by Crippen LogP contribution is 2.12. The Hall–Kier alpha value is -6.53. The third-order valence-corrected chi connectivity index (χ3v) is 10.3. The van der Waals surface area contributed by atoms with E-state index in [2.05, 4.69) is 31.9 Å². The first kappa shape index (κ1) is 53.6. The molecule has 0 spiro atoms. The molecule has 0 saturated heterocycles. The average molecular weight is 897 g/mol. The van der Waals surface area contributed by atoms with Gasteiger partial charge in [0.1, 0.15) is 24.2 Å². The quantitative estimate of drug-likeness (QED) is 0.0461. The second kappa shape index (κ2) is 30.5. The molecule has 0 bridgehead atoms. The maximum atomic E-state index is 13.4. The fourth-order valence-corrected chi connectivity index (χ4v) is 6.61. The molecule has 3 unspecified atom stereocenters. The van der Waals surface area contributed by atoms with Crippen molar-refractivity contribution in [3.8, 4) is 0 Å². The van der Waals surface area contributed by atoms with Crippen molar-refractivity contribution in [1.82, 2.24) is 31.9 Å². The van der Waals surface area contributed by atoms with E-state index in [1.807, 2.05) is 60.7 Å². The van der Waals surface area contributed by atoms with Crippen LogP contribution in [0.5, 0.6) is 0 Å². The molecule has 0 aliphatic rings. The SMILES string of the molecule is CC(Cc1ccccc1)C(=O)NC(Cc1ccccc1)C(=O)NC(CCCCNC(=O)CCCCCCC(=O)NCCCC[C@H](NC(=O)N[C@@H](CCC(=O)O)C(=O)O)C(=O)O)C(=O)O. The maximum absolute atomic E-state index is 13.4. The normalized spacial score (nSPS) is 13.1. The highest BCUT2D eigenvalue weighted by Gasteiger charge is 2.29. The molecule has 0 saturated carbocycles. The average Bonchev–Trinajstić information content (AvgIpc) is 3.25. The maximum Gasteiger partial charge on any atom is 0.326 e. The van der Waals surface area contributed by atoms with Gasteiger partial charge in [0.15, 0.2) is 0 Å². The number of carboxylic acids is 4. The van der Waals surface area contributed by atoms with E-state index in [1.165, 1.54) is 0 Å². The van der Waals surface area contributed by atoms with Gasteiger partial charge in [0.25, 0.3) is 0 Å². The summed E-state index contributed by atoms with van der Waals surface area (Å²) in [4.78, 5) is 109. The van der Waals surface area contributed by atoms with E-state index in [0.29, 0.717) is 51.5 Å². The summed E-state index contributed by atoms with van der Waals surface area (Å²) in [5.41, 5.74) is 1.78. The topological polar surface area (TPSA) is 307 Å². The fourth-order valence-electron chi connectivity index (χ4n) is 6.61. The van der Waals surface area contributed by atoms with Crippen LogP contribution in [0.3, 0.4) is 0 Å². The molecule has 352 valence electrons. The highest BCUT2D eigenvalue weighted by atomic mass is 16.4. The number of carboxylic acid groups (broad SMARTS) is 4. The molecule has 64 heavy (non-hydrogen) atoms. The molecule has 5 atom stereocenters. The van der Waals surface area contributed by atoms with Crippen LogP contribution in [-0.2, 0) is 51.2 Å². The van der Waals surface area contributed by atoms with Crippen molar-refractivity contribution in [2.75, 3.05) is 13.1 Å². The monoisotopic (exact) mass is 896 g/mol. The fraction of sp³-hybridized carbons (Fsp3) is 0.533. The van der Waals surface area contributed by atoms with Crippen LogP contribution in [0, 0.1) is 5.92 Å². The number of carbonyl (C=O) groups is 9. The summed E-state index contributed by atoms with van der Waals surface area (Å²) in [5, 5.41) is 52.4. The van der Waals surface area contributed by atoms with Crippen LogP contribution in [0.1, 0.15) is 108 Å². The summed E-state index contributed by atoms with van der Waals surface area (Å²) < 4.78 is 0. The van der Waals surface area contributed by atoms with Gasteiger partial charge in [-0.2, -0.15) is 0 Å².